The number of hydrogen-bond donors (Lipinski definition) is 2. The molecule has 0 aliphatic heterocycles. The van der Waals surface area contributed by atoms with Gasteiger partial charge in [0.05, 0.1) is 5.52 Å². The van der Waals surface area contributed by atoms with Crippen LogP contribution in [0.1, 0.15) is 10.4 Å². The van der Waals surface area contributed by atoms with E-state index in [2.05, 4.69) is 15.3 Å². The van der Waals surface area contributed by atoms with Gasteiger partial charge in [-0.3, -0.25) is 4.79 Å². The summed E-state index contributed by atoms with van der Waals surface area (Å²) in [6.07, 6.45) is 1.63. The number of benzene rings is 2. The van der Waals surface area contributed by atoms with E-state index in [-0.39, 0.29) is 24.3 Å². The molecule has 21 heavy (non-hydrogen) atoms. The summed E-state index contributed by atoms with van der Waals surface area (Å²) in [5, 5.41) is 3.66. The van der Waals surface area contributed by atoms with Gasteiger partial charge in [-0.15, -0.1) is 12.4 Å². The Hall–Kier alpha value is -2.66. The molecule has 0 unspecified atom stereocenters. The van der Waals surface area contributed by atoms with Gasteiger partial charge in [0.2, 0.25) is 5.95 Å². The van der Waals surface area contributed by atoms with E-state index in [0.717, 1.165) is 10.9 Å². The first kappa shape index (κ1) is 14.7. The fraction of sp³-hybridized carbons (Fsp3) is 0. The van der Waals surface area contributed by atoms with E-state index in [1.807, 2.05) is 24.3 Å². The fourth-order valence-electron chi connectivity index (χ4n) is 1.92. The third-order valence-corrected chi connectivity index (χ3v) is 2.89. The number of nitrogens with zero attached hydrogens (tertiary/aromatic N) is 2. The number of halogens is 1. The number of nitrogens with one attached hydrogen (secondary N) is 1. The van der Waals surface area contributed by atoms with Crippen LogP contribution in [0.25, 0.3) is 10.9 Å². The zero-order chi connectivity index (χ0) is 13.9. The maximum absolute atomic E-state index is 12.0. The molecular formula is C15H13ClN4O. The van der Waals surface area contributed by atoms with Crippen molar-refractivity contribution in [1.82, 2.24) is 9.97 Å². The van der Waals surface area contributed by atoms with Crippen molar-refractivity contribution in [2.75, 3.05) is 11.1 Å². The second-order valence-corrected chi connectivity index (χ2v) is 4.32. The molecule has 0 radical (unpaired) electrons. The Kier molecular flexibility index (Phi) is 4.35. The lowest BCUT2D eigenvalue weighted by Crippen LogP contribution is -2.11. The quantitative estimate of drug-likeness (QED) is 0.762. The molecule has 6 heteroatoms. The minimum atomic E-state index is -0.152. The van der Waals surface area contributed by atoms with Crippen LogP contribution in [0.2, 0.25) is 0 Å². The molecule has 1 aromatic heterocycles. The third kappa shape index (κ3) is 3.27. The summed E-state index contributed by atoms with van der Waals surface area (Å²) in [6, 6.07) is 14.5. The lowest BCUT2D eigenvalue weighted by atomic mass is 10.2. The van der Waals surface area contributed by atoms with E-state index in [0.29, 0.717) is 11.3 Å². The van der Waals surface area contributed by atoms with Crippen molar-refractivity contribution in [3.63, 3.8) is 0 Å². The zero-order valence-corrected chi connectivity index (χ0v) is 11.8. The number of aromatic nitrogens is 2. The number of nitrogens with two attached hydrogens (primary N) is 1. The molecule has 0 bridgehead atoms. The predicted octanol–water partition coefficient (Wildman–Crippen LogP) is 2.89. The van der Waals surface area contributed by atoms with Crippen LogP contribution in [0.3, 0.4) is 0 Å². The average Bonchev–Trinajstić information content (AvgIpc) is 2.48. The summed E-state index contributed by atoms with van der Waals surface area (Å²) in [5.41, 5.74) is 7.58. The first-order valence-electron chi connectivity index (χ1n) is 6.11. The number of rotatable bonds is 2. The summed E-state index contributed by atoms with van der Waals surface area (Å²) in [5.74, 6) is 0.0832. The molecule has 0 aliphatic carbocycles. The zero-order valence-electron chi connectivity index (χ0n) is 11.0. The van der Waals surface area contributed by atoms with Crippen LogP contribution in [0.15, 0.2) is 54.7 Å². The van der Waals surface area contributed by atoms with Gasteiger partial charge >= 0.3 is 0 Å². The highest BCUT2D eigenvalue weighted by Gasteiger charge is 2.06. The van der Waals surface area contributed by atoms with Crippen LogP contribution in [0, 0.1) is 0 Å². The first-order valence-corrected chi connectivity index (χ1v) is 6.11. The highest BCUT2D eigenvalue weighted by molar-refractivity contribution is 6.05. The van der Waals surface area contributed by atoms with Crippen molar-refractivity contribution in [3.05, 3.63) is 60.3 Å². The largest absolute Gasteiger partial charge is 0.368 e. The second-order valence-electron chi connectivity index (χ2n) is 4.32. The van der Waals surface area contributed by atoms with Crippen LogP contribution >= 0.6 is 12.4 Å². The van der Waals surface area contributed by atoms with E-state index in [9.17, 15) is 4.79 Å². The van der Waals surface area contributed by atoms with Crippen LogP contribution in [0.5, 0.6) is 0 Å². The van der Waals surface area contributed by atoms with E-state index in [1.54, 1.807) is 30.5 Å². The molecule has 106 valence electrons. The molecule has 0 saturated carbocycles. The minimum Gasteiger partial charge on any atom is -0.368 e. The molecule has 0 fully saturated rings. The van der Waals surface area contributed by atoms with Gasteiger partial charge in [-0.1, -0.05) is 18.2 Å². The number of fused-ring (bicyclic) bond motifs is 1. The minimum absolute atomic E-state index is 0. The van der Waals surface area contributed by atoms with E-state index >= 15 is 0 Å². The van der Waals surface area contributed by atoms with Crippen LogP contribution in [-0.4, -0.2) is 15.9 Å². The van der Waals surface area contributed by atoms with Gasteiger partial charge < -0.3 is 11.1 Å². The Balaban J connectivity index is 0.00000161. The Morgan fingerprint density at radius 2 is 1.86 bits per heavy atom. The van der Waals surface area contributed by atoms with Crippen molar-refractivity contribution < 1.29 is 4.79 Å². The molecule has 3 rings (SSSR count). The van der Waals surface area contributed by atoms with Gasteiger partial charge in [0, 0.05) is 22.8 Å². The molecule has 0 spiro atoms. The van der Waals surface area contributed by atoms with Gasteiger partial charge in [-0.2, -0.15) is 0 Å². The van der Waals surface area contributed by atoms with Crippen LogP contribution < -0.4 is 11.1 Å². The molecule has 2 aromatic carbocycles. The average molecular weight is 301 g/mol. The lowest BCUT2D eigenvalue weighted by Gasteiger charge is -2.06. The van der Waals surface area contributed by atoms with Gasteiger partial charge in [-0.05, 0) is 30.3 Å². The lowest BCUT2D eigenvalue weighted by molar-refractivity contribution is 0.102. The number of amides is 1. The standard InChI is InChI=1S/C15H12N4O.ClH/c16-15-17-9-11-8-12(6-7-13(11)19-15)18-14(20)10-4-2-1-3-5-10;/h1-9H,(H,18,20)(H2,16,17,19);1H. The third-order valence-electron chi connectivity index (χ3n) is 2.89. The molecule has 0 aliphatic rings. The number of hydrogen-bond acceptors (Lipinski definition) is 4. The summed E-state index contributed by atoms with van der Waals surface area (Å²) < 4.78 is 0. The first-order chi connectivity index (χ1) is 9.72. The molecule has 0 atom stereocenters. The molecular weight excluding hydrogens is 288 g/mol. The molecule has 5 nitrogen and oxygen atoms in total. The molecule has 3 N–H and O–H groups in total. The number of carbonyl (C=O) groups excluding carboxylic acids is 1. The van der Waals surface area contributed by atoms with Gasteiger partial charge in [0.15, 0.2) is 0 Å². The van der Waals surface area contributed by atoms with Gasteiger partial charge in [0.1, 0.15) is 0 Å². The second kappa shape index (κ2) is 6.19. The highest BCUT2D eigenvalue weighted by Crippen LogP contribution is 2.18. The molecule has 0 saturated heterocycles. The van der Waals surface area contributed by atoms with E-state index in [1.165, 1.54) is 0 Å². The normalized spacial score (nSPS) is 9.90. The van der Waals surface area contributed by atoms with Gasteiger partial charge in [-0.25, -0.2) is 9.97 Å². The van der Waals surface area contributed by atoms with Crippen molar-refractivity contribution in [2.24, 2.45) is 0 Å². The molecule has 1 heterocycles. The summed E-state index contributed by atoms with van der Waals surface area (Å²) >= 11 is 0. The van der Waals surface area contributed by atoms with Crippen molar-refractivity contribution >= 4 is 40.9 Å². The van der Waals surface area contributed by atoms with Crippen LogP contribution in [-0.2, 0) is 0 Å². The topological polar surface area (TPSA) is 80.9 Å². The van der Waals surface area contributed by atoms with Crippen molar-refractivity contribution in [2.45, 2.75) is 0 Å². The van der Waals surface area contributed by atoms with E-state index < -0.39 is 0 Å². The molecule has 3 aromatic rings. The van der Waals surface area contributed by atoms with Gasteiger partial charge in [0.25, 0.3) is 5.91 Å². The van der Waals surface area contributed by atoms with Crippen molar-refractivity contribution in [3.8, 4) is 0 Å². The highest BCUT2D eigenvalue weighted by atomic mass is 35.5. The fourth-order valence-corrected chi connectivity index (χ4v) is 1.92. The Labute approximate surface area is 127 Å². The Morgan fingerprint density at radius 3 is 2.62 bits per heavy atom. The maximum atomic E-state index is 12.0. The maximum Gasteiger partial charge on any atom is 0.255 e. The summed E-state index contributed by atoms with van der Waals surface area (Å²) in [6.45, 7) is 0. The smallest absolute Gasteiger partial charge is 0.255 e. The monoisotopic (exact) mass is 300 g/mol. The number of carbonyl (C=O) groups is 1. The van der Waals surface area contributed by atoms with E-state index in [4.69, 9.17) is 5.73 Å². The molecule has 1 amide bonds. The van der Waals surface area contributed by atoms with Crippen LogP contribution in [0.4, 0.5) is 11.6 Å². The Morgan fingerprint density at radius 1 is 1.10 bits per heavy atom. The summed E-state index contributed by atoms with van der Waals surface area (Å²) in [7, 11) is 0. The summed E-state index contributed by atoms with van der Waals surface area (Å²) in [4.78, 5) is 20.1. The number of nitrogen functional groups attached to an aromatic ring is 1. The predicted molar refractivity (Wildman–Crippen MR) is 85.6 cm³/mol. The SMILES string of the molecule is Cl.Nc1ncc2cc(NC(=O)c3ccccc3)ccc2n1. The Bertz CT molecular complexity index is 777. The van der Waals surface area contributed by atoms with Crippen molar-refractivity contribution in [1.29, 1.82) is 0 Å². The number of anilines is 2.